The summed E-state index contributed by atoms with van der Waals surface area (Å²) in [5.41, 5.74) is 0. The lowest BCUT2D eigenvalue weighted by molar-refractivity contribution is -0.120. The quantitative estimate of drug-likeness (QED) is 0.795. The molecule has 3 nitrogen and oxygen atoms in total. The van der Waals surface area contributed by atoms with Crippen molar-refractivity contribution in [2.24, 2.45) is 5.92 Å². The van der Waals surface area contributed by atoms with E-state index < -0.39 is 0 Å². The Hall–Kier alpha value is -0.870. The largest absolute Gasteiger partial charge is 0.348 e. The van der Waals surface area contributed by atoms with E-state index in [0.29, 0.717) is 6.54 Å². The van der Waals surface area contributed by atoms with Gasteiger partial charge in [-0.15, -0.1) is 11.3 Å². The van der Waals surface area contributed by atoms with Crippen molar-refractivity contribution >= 4 is 17.2 Å². The molecule has 0 spiro atoms. The Morgan fingerprint density at radius 1 is 1.62 bits per heavy atom. The summed E-state index contributed by atoms with van der Waals surface area (Å²) < 4.78 is 0. The summed E-state index contributed by atoms with van der Waals surface area (Å²) in [6.07, 6.45) is 2.64. The number of thiophene rings is 1. The number of carbonyl (C=O) groups excluding carboxylic acids is 1. The molecule has 1 heterocycles. The zero-order valence-electron chi connectivity index (χ0n) is 9.53. The number of nitrogens with one attached hydrogen (secondary N) is 2. The van der Waals surface area contributed by atoms with Crippen LogP contribution in [0.2, 0.25) is 0 Å². The lowest BCUT2D eigenvalue weighted by atomic mass is 10.3. The molecular formula is C12H18N2OS. The molecule has 1 aliphatic carbocycles. The van der Waals surface area contributed by atoms with E-state index in [9.17, 15) is 4.79 Å². The minimum atomic E-state index is 0.0848. The summed E-state index contributed by atoms with van der Waals surface area (Å²) >= 11 is 1.68. The molecule has 1 amide bonds. The van der Waals surface area contributed by atoms with Gasteiger partial charge in [0.05, 0.1) is 12.6 Å². The van der Waals surface area contributed by atoms with E-state index in [2.05, 4.69) is 10.6 Å². The van der Waals surface area contributed by atoms with Gasteiger partial charge in [0.1, 0.15) is 0 Å². The third-order valence-corrected chi connectivity index (χ3v) is 3.82. The fourth-order valence-corrected chi connectivity index (χ4v) is 2.35. The minimum absolute atomic E-state index is 0.0848. The number of hydrogen-bond donors (Lipinski definition) is 2. The van der Waals surface area contributed by atoms with Crippen LogP contribution in [-0.2, 0) is 4.79 Å². The average molecular weight is 238 g/mol. The molecule has 0 radical (unpaired) electrons. The minimum Gasteiger partial charge on any atom is -0.348 e. The van der Waals surface area contributed by atoms with Crippen molar-refractivity contribution in [3.05, 3.63) is 22.4 Å². The van der Waals surface area contributed by atoms with E-state index in [0.717, 1.165) is 12.5 Å². The molecule has 1 fully saturated rings. The smallest absolute Gasteiger partial charge is 0.234 e. The van der Waals surface area contributed by atoms with Gasteiger partial charge < -0.3 is 10.6 Å². The van der Waals surface area contributed by atoms with Gasteiger partial charge in [-0.1, -0.05) is 6.07 Å². The molecule has 0 saturated heterocycles. The third kappa shape index (κ3) is 3.61. The molecule has 1 aromatic heterocycles. The normalized spacial score (nSPS) is 17.1. The van der Waals surface area contributed by atoms with Crippen LogP contribution in [0.4, 0.5) is 0 Å². The van der Waals surface area contributed by atoms with Crippen LogP contribution < -0.4 is 10.6 Å². The summed E-state index contributed by atoms with van der Waals surface area (Å²) in [6.45, 7) is 3.44. The van der Waals surface area contributed by atoms with E-state index in [1.54, 1.807) is 11.3 Å². The van der Waals surface area contributed by atoms with Gasteiger partial charge in [0.25, 0.3) is 0 Å². The highest BCUT2D eigenvalue weighted by atomic mass is 32.1. The number of amides is 1. The highest BCUT2D eigenvalue weighted by Gasteiger charge is 2.20. The fraction of sp³-hybridized carbons (Fsp3) is 0.583. The van der Waals surface area contributed by atoms with Crippen molar-refractivity contribution in [3.8, 4) is 0 Å². The lowest BCUT2D eigenvalue weighted by Gasteiger charge is -2.12. The van der Waals surface area contributed by atoms with E-state index in [1.165, 1.54) is 17.7 Å². The topological polar surface area (TPSA) is 41.1 Å². The Morgan fingerprint density at radius 3 is 3.06 bits per heavy atom. The van der Waals surface area contributed by atoms with Gasteiger partial charge in [-0.25, -0.2) is 0 Å². The molecule has 1 unspecified atom stereocenters. The Bertz CT molecular complexity index is 333. The summed E-state index contributed by atoms with van der Waals surface area (Å²) in [5, 5.41) is 8.21. The van der Waals surface area contributed by atoms with Crippen molar-refractivity contribution in [3.63, 3.8) is 0 Å². The molecular weight excluding hydrogens is 220 g/mol. The molecule has 4 heteroatoms. The van der Waals surface area contributed by atoms with Crippen LogP contribution >= 0.6 is 11.3 Å². The maximum atomic E-state index is 11.6. The van der Waals surface area contributed by atoms with Gasteiger partial charge in [0.2, 0.25) is 5.91 Å². The molecule has 0 aliphatic heterocycles. The van der Waals surface area contributed by atoms with Gasteiger partial charge in [0, 0.05) is 4.88 Å². The second-order valence-corrected chi connectivity index (χ2v) is 5.36. The van der Waals surface area contributed by atoms with Crippen molar-refractivity contribution in [1.29, 1.82) is 0 Å². The van der Waals surface area contributed by atoms with Gasteiger partial charge in [0.15, 0.2) is 0 Å². The standard InChI is InChI=1S/C12H18N2OS/c1-9(11-3-2-6-16-11)14-12(15)8-13-7-10-4-5-10/h2-3,6,9-10,13H,4-5,7-8H2,1H3,(H,14,15). The first kappa shape index (κ1) is 11.6. The molecule has 16 heavy (non-hydrogen) atoms. The molecule has 1 atom stereocenters. The molecule has 0 bridgehead atoms. The summed E-state index contributed by atoms with van der Waals surface area (Å²) in [6, 6.07) is 4.18. The van der Waals surface area contributed by atoms with Crippen LogP contribution in [-0.4, -0.2) is 19.0 Å². The highest BCUT2D eigenvalue weighted by molar-refractivity contribution is 7.10. The molecule has 88 valence electrons. The third-order valence-electron chi connectivity index (χ3n) is 2.76. The van der Waals surface area contributed by atoms with Gasteiger partial charge in [-0.3, -0.25) is 4.79 Å². The number of rotatable bonds is 6. The Morgan fingerprint density at radius 2 is 2.44 bits per heavy atom. The molecule has 1 aromatic rings. The van der Waals surface area contributed by atoms with Gasteiger partial charge >= 0.3 is 0 Å². The van der Waals surface area contributed by atoms with Crippen molar-refractivity contribution < 1.29 is 4.79 Å². The lowest BCUT2D eigenvalue weighted by Crippen LogP contribution is -2.35. The van der Waals surface area contributed by atoms with Crippen LogP contribution in [0.15, 0.2) is 17.5 Å². The molecule has 1 saturated carbocycles. The SMILES string of the molecule is CC(NC(=O)CNCC1CC1)c1cccs1. The van der Waals surface area contributed by atoms with Crippen LogP contribution in [0.5, 0.6) is 0 Å². The van der Waals surface area contributed by atoms with Crippen LogP contribution in [0.1, 0.15) is 30.7 Å². The maximum absolute atomic E-state index is 11.6. The van der Waals surface area contributed by atoms with Crippen LogP contribution in [0, 0.1) is 5.92 Å². The summed E-state index contributed by atoms with van der Waals surface area (Å²) in [7, 11) is 0. The van der Waals surface area contributed by atoms with Crippen molar-refractivity contribution in [1.82, 2.24) is 10.6 Å². The Labute approximate surface area is 100 Å². The van der Waals surface area contributed by atoms with E-state index in [1.807, 2.05) is 24.4 Å². The van der Waals surface area contributed by atoms with Crippen LogP contribution in [0.25, 0.3) is 0 Å². The first-order chi connectivity index (χ1) is 7.75. The van der Waals surface area contributed by atoms with E-state index >= 15 is 0 Å². The fourth-order valence-electron chi connectivity index (χ4n) is 1.61. The number of carbonyl (C=O) groups is 1. The molecule has 2 rings (SSSR count). The van der Waals surface area contributed by atoms with E-state index in [4.69, 9.17) is 0 Å². The summed E-state index contributed by atoms with van der Waals surface area (Å²) in [4.78, 5) is 12.8. The predicted molar refractivity (Wildman–Crippen MR) is 66.5 cm³/mol. The Kier molecular flexibility index (Phi) is 3.96. The first-order valence-electron chi connectivity index (χ1n) is 5.79. The monoisotopic (exact) mass is 238 g/mol. The first-order valence-corrected chi connectivity index (χ1v) is 6.67. The molecule has 2 N–H and O–H groups in total. The average Bonchev–Trinajstić information content (AvgIpc) is 2.91. The molecule has 0 aromatic carbocycles. The predicted octanol–water partition coefficient (Wildman–Crippen LogP) is 1.92. The molecule has 1 aliphatic rings. The maximum Gasteiger partial charge on any atom is 0.234 e. The number of hydrogen-bond acceptors (Lipinski definition) is 3. The zero-order valence-corrected chi connectivity index (χ0v) is 10.3. The zero-order chi connectivity index (χ0) is 11.4. The van der Waals surface area contributed by atoms with Crippen molar-refractivity contribution in [2.45, 2.75) is 25.8 Å². The second-order valence-electron chi connectivity index (χ2n) is 4.38. The van der Waals surface area contributed by atoms with Crippen molar-refractivity contribution in [2.75, 3.05) is 13.1 Å². The van der Waals surface area contributed by atoms with E-state index in [-0.39, 0.29) is 11.9 Å². The highest BCUT2D eigenvalue weighted by Crippen LogP contribution is 2.27. The Balaban J connectivity index is 1.65. The summed E-state index contributed by atoms with van der Waals surface area (Å²) in [5.74, 6) is 0.907. The van der Waals surface area contributed by atoms with Gasteiger partial charge in [-0.2, -0.15) is 0 Å². The second kappa shape index (κ2) is 5.46. The van der Waals surface area contributed by atoms with Gasteiger partial charge in [-0.05, 0) is 43.7 Å². The van der Waals surface area contributed by atoms with Crippen LogP contribution in [0.3, 0.4) is 0 Å².